The van der Waals surface area contributed by atoms with Crippen LogP contribution < -0.4 is 4.89 Å². The van der Waals surface area contributed by atoms with E-state index in [0.29, 0.717) is 0 Å². The van der Waals surface area contributed by atoms with Crippen molar-refractivity contribution in [3.63, 3.8) is 0 Å². The summed E-state index contributed by atoms with van der Waals surface area (Å²) >= 11 is 0. The fourth-order valence-electron chi connectivity index (χ4n) is 0.649. The zero-order valence-electron chi connectivity index (χ0n) is 8.70. The fraction of sp³-hybridized carbons (Fsp3) is 0.400. The van der Waals surface area contributed by atoms with Crippen molar-refractivity contribution in [3.05, 3.63) is 30.3 Å². The van der Waals surface area contributed by atoms with E-state index < -0.39 is 0 Å². The Hall–Kier alpha value is 0.616. The maximum atomic E-state index is 5.12. The van der Waals surface area contributed by atoms with Gasteiger partial charge in [0.15, 0.2) is 5.75 Å². The van der Waals surface area contributed by atoms with Gasteiger partial charge in [-0.15, -0.1) is 0 Å². The molecule has 0 saturated carbocycles. The Labute approximate surface area is 122 Å². The Morgan fingerprint density at radius 1 is 1.00 bits per heavy atom. The monoisotopic (exact) mass is 205 g/mol. The number of benzene rings is 1. The Morgan fingerprint density at radius 3 is 2.00 bits per heavy atom. The summed E-state index contributed by atoms with van der Waals surface area (Å²) in [6.07, 6.45) is 0. The molecule has 0 aromatic heterocycles. The van der Waals surface area contributed by atoms with Crippen LogP contribution >= 0.6 is 0 Å². The average Bonchev–Trinajstić information content (AvgIpc) is 2.02. The van der Waals surface area contributed by atoms with E-state index in [1.165, 1.54) is 0 Å². The molecule has 0 bridgehead atoms. The molecule has 0 heterocycles. The van der Waals surface area contributed by atoms with Crippen LogP contribution in [0.1, 0.15) is 20.8 Å². The predicted molar refractivity (Wildman–Crippen MR) is 53.7 cm³/mol. The van der Waals surface area contributed by atoms with E-state index in [9.17, 15) is 0 Å². The molecule has 1 radical (unpaired) electrons. The largest absolute Gasteiger partial charge is 0.337 e. The maximum Gasteiger partial charge on any atom is 0.165 e. The third kappa shape index (κ3) is 6.66. The molecule has 1 aromatic rings. The summed E-state index contributed by atoms with van der Waals surface area (Å²) in [5, 5.41) is 0. The first-order valence-corrected chi connectivity index (χ1v) is 3.99. The standard InChI is InChI=1S/C10H14O2.K/c1-10(2,3)12-11-9-7-5-4-6-8-9;/h4-8H,1-3H3;. The SMILES string of the molecule is CC(C)(C)OOc1ccccc1.[K]. The van der Waals surface area contributed by atoms with E-state index in [-0.39, 0.29) is 57.0 Å². The molecule has 0 spiro atoms. The van der Waals surface area contributed by atoms with Crippen LogP contribution in [-0.4, -0.2) is 57.0 Å². The van der Waals surface area contributed by atoms with Gasteiger partial charge in [-0.05, 0) is 32.9 Å². The van der Waals surface area contributed by atoms with Gasteiger partial charge in [0.1, 0.15) is 5.60 Å². The normalized spacial score (nSPS) is 10.4. The van der Waals surface area contributed by atoms with Crippen molar-refractivity contribution in [2.45, 2.75) is 26.4 Å². The summed E-state index contributed by atoms with van der Waals surface area (Å²) in [5.74, 6) is 0.729. The second kappa shape index (κ2) is 6.17. The summed E-state index contributed by atoms with van der Waals surface area (Å²) in [6.45, 7) is 5.82. The van der Waals surface area contributed by atoms with Crippen molar-refractivity contribution in [2.24, 2.45) is 0 Å². The molecule has 1 aromatic carbocycles. The summed E-state index contributed by atoms with van der Waals surface area (Å²) in [7, 11) is 0. The molecule has 1 rings (SSSR count). The van der Waals surface area contributed by atoms with E-state index in [1.54, 1.807) is 0 Å². The molecule has 0 unspecified atom stereocenters. The third-order valence-electron chi connectivity index (χ3n) is 1.13. The number of hydrogen-bond donors (Lipinski definition) is 0. The van der Waals surface area contributed by atoms with Crippen molar-refractivity contribution in [1.29, 1.82) is 0 Å². The minimum Gasteiger partial charge on any atom is -0.337 e. The minimum absolute atomic E-state index is 0. The quantitative estimate of drug-likeness (QED) is 0.419. The Kier molecular flexibility index (Phi) is 6.46. The molecule has 0 N–H and O–H groups in total. The van der Waals surface area contributed by atoms with Crippen LogP contribution in [0.4, 0.5) is 0 Å². The zero-order chi connectivity index (χ0) is 9.03. The second-order valence-corrected chi connectivity index (χ2v) is 3.59. The molecule has 2 nitrogen and oxygen atoms in total. The van der Waals surface area contributed by atoms with Gasteiger partial charge in [0.2, 0.25) is 0 Å². The van der Waals surface area contributed by atoms with Crippen LogP contribution in [0, 0.1) is 0 Å². The van der Waals surface area contributed by atoms with Gasteiger partial charge in [0, 0.05) is 51.4 Å². The van der Waals surface area contributed by atoms with Crippen LogP contribution in [0.25, 0.3) is 0 Å². The van der Waals surface area contributed by atoms with Crippen molar-refractivity contribution in [1.82, 2.24) is 0 Å². The van der Waals surface area contributed by atoms with Gasteiger partial charge >= 0.3 is 0 Å². The van der Waals surface area contributed by atoms with Crippen LogP contribution in [0.3, 0.4) is 0 Å². The summed E-state index contributed by atoms with van der Waals surface area (Å²) < 4.78 is 0. The molecular weight excluding hydrogens is 191 g/mol. The molecule has 0 atom stereocenters. The van der Waals surface area contributed by atoms with E-state index in [2.05, 4.69) is 0 Å². The zero-order valence-corrected chi connectivity index (χ0v) is 11.8. The molecule has 0 aliphatic heterocycles. The van der Waals surface area contributed by atoms with Crippen LogP contribution in [-0.2, 0) is 4.89 Å². The first-order chi connectivity index (χ1) is 5.58. The van der Waals surface area contributed by atoms with Gasteiger partial charge in [-0.1, -0.05) is 18.2 Å². The first kappa shape index (κ1) is 13.6. The molecule has 0 aliphatic carbocycles. The molecule has 3 heteroatoms. The smallest absolute Gasteiger partial charge is 0.165 e. The molecule has 13 heavy (non-hydrogen) atoms. The topological polar surface area (TPSA) is 18.5 Å². The first-order valence-electron chi connectivity index (χ1n) is 3.99. The number of hydrogen-bond acceptors (Lipinski definition) is 2. The minimum atomic E-state index is -0.268. The Morgan fingerprint density at radius 2 is 1.54 bits per heavy atom. The fourth-order valence-corrected chi connectivity index (χ4v) is 0.649. The van der Waals surface area contributed by atoms with E-state index >= 15 is 0 Å². The van der Waals surface area contributed by atoms with E-state index in [0.717, 1.165) is 5.75 Å². The van der Waals surface area contributed by atoms with Crippen molar-refractivity contribution >= 4 is 51.4 Å². The van der Waals surface area contributed by atoms with Crippen molar-refractivity contribution in [3.8, 4) is 5.75 Å². The second-order valence-electron chi connectivity index (χ2n) is 3.59. The van der Waals surface area contributed by atoms with Crippen LogP contribution in [0.5, 0.6) is 5.75 Å². The van der Waals surface area contributed by atoms with Crippen LogP contribution in [0.2, 0.25) is 0 Å². The molecule has 67 valence electrons. The van der Waals surface area contributed by atoms with Gasteiger partial charge in [0.05, 0.1) is 0 Å². The Bertz CT molecular complexity index is 228. The van der Waals surface area contributed by atoms with Crippen molar-refractivity contribution in [2.75, 3.05) is 0 Å². The number of rotatable bonds is 2. The maximum absolute atomic E-state index is 5.12. The van der Waals surface area contributed by atoms with E-state index in [1.807, 2.05) is 51.1 Å². The summed E-state index contributed by atoms with van der Waals surface area (Å²) in [6, 6.07) is 9.45. The van der Waals surface area contributed by atoms with Crippen LogP contribution in [0.15, 0.2) is 30.3 Å². The van der Waals surface area contributed by atoms with E-state index in [4.69, 9.17) is 9.78 Å². The van der Waals surface area contributed by atoms with Gasteiger partial charge in [-0.2, -0.15) is 4.89 Å². The molecular formula is C10H14KO2. The van der Waals surface area contributed by atoms with Crippen molar-refractivity contribution < 1.29 is 9.78 Å². The third-order valence-corrected chi connectivity index (χ3v) is 1.13. The van der Waals surface area contributed by atoms with Gasteiger partial charge in [-0.25, -0.2) is 0 Å². The average molecular weight is 205 g/mol. The molecule has 0 amide bonds. The Balaban J connectivity index is 0.00000144. The summed E-state index contributed by atoms with van der Waals surface area (Å²) in [4.78, 5) is 10.2. The van der Waals surface area contributed by atoms with Gasteiger partial charge in [-0.3, -0.25) is 0 Å². The number of para-hydroxylation sites is 1. The summed E-state index contributed by atoms with van der Waals surface area (Å²) in [5.41, 5.74) is -0.268. The van der Waals surface area contributed by atoms with Gasteiger partial charge < -0.3 is 4.89 Å². The molecule has 0 fully saturated rings. The predicted octanol–water partition coefficient (Wildman–Crippen LogP) is 2.41. The van der Waals surface area contributed by atoms with Gasteiger partial charge in [0.25, 0.3) is 0 Å². The molecule has 0 aliphatic rings. The molecule has 0 saturated heterocycles.